The van der Waals surface area contributed by atoms with Crippen molar-refractivity contribution in [2.75, 3.05) is 20.3 Å². The van der Waals surface area contributed by atoms with Gasteiger partial charge in [-0.1, -0.05) is 38.1 Å². The summed E-state index contributed by atoms with van der Waals surface area (Å²) in [6, 6.07) is 12.6. The predicted molar refractivity (Wildman–Crippen MR) is 122 cm³/mol. The summed E-state index contributed by atoms with van der Waals surface area (Å²) in [4.78, 5) is 27.5. The van der Waals surface area contributed by atoms with Crippen molar-refractivity contribution in [3.05, 3.63) is 70.3 Å². The van der Waals surface area contributed by atoms with Crippen LogP contribution >= 0.6 is 0 Å². The Hall–Kier alpha value is -3.12. The topological polar surface area (TPSA) is 76.1 Å². The van der Waals surface area contributed by atoms with E-state index in [-0.39, 0.29) is 24.0 Å². The highest BCUT2D eigenvalue weighted by Gasteiger charge is 2.46. The Morgan fingerprint density at radius 2 is 1.91 bits per heavy atom. The maximum Gasteiger partial charge on any atom is 0.295 e. The third kappa shape index (κ3) is 3.91. The van der Waals surface area contributed by atoms with Gasteiger partial charge in [0.05, 0.1) is 18.2 Å². The lowest BCUT2D eigenvalue weighted by molar-refractivity contribution is -0.140. The fraction of sp³-hybridized carbons (Fsp3) is 0.385. The zero-order chi connectivity index (χ0) is 23.0. The summed E-state index contributed by atoms with van der Waals surface area (Å²) in [7, 11) is 1.55. The van der Waals surface area contributed by atoms with Gasteiger partial charge in [0.15, 0.2) is 0 Å². The molecule has 0 aromatic heterocycles. The van der Waals surface area contributed by atoms with E-state index in [4.69, 9.17) is 9.47 Å². The lowest BCUT2D eigenvalue weighted by Gasteiger charge is -2.25. The maximum absolute atomic E-state index is 13.1. The first-order valence-corrected chi connectivity index (χ1v) is 11.0. The van der Waals surface area contributed by atoms with E-state index in [1.807, 2.05) is 37.3 Å². The van der Waals surface area contributed by atoms with Crippen LogP contribution in [-0.2, 0) is 20.7 Å². The Balaban J connectivity index is 1.81. The molecule has 0 aliphatic carbocycles. The van der Waals surface area contributed by atoms with E-state index in [9.17, 15) is 14.7 Å². The number of nitrogens with zero attached hydrogens (tertiary/aromatic N) is 1. The molecule has 2 aromatic rings. The fourth-order valence-electron chi connectivity index (χ4n) is 4.43. The normalized spacial score (nSPS) is 21.8. The van der Waals surface area contributed by atoms with Gasteiger partial charge in [-0.15, -0.1) is 0 Å². The summed E-state index contributed by atoms with van der Waals surface area (Å²) in [6.45, 7) is 6.75. The lowest BCUT2D eigenvalue weighted by atomic mass is 9.92. The monoisotopic (exact) mass is 435 g/mol. The summed E-state index contributed by atoms with van der Waals surface area (Å²) in [6.07, 6.45) is 0.806. The van der Waals surface area contributed by atoms with Crippen LogP contribution in [0.15, 0.2) is 48.0 Å². The van der Waals surface area contributed by atoms with Gasteiger partial charge in [-0.3, -0.25) is 9.59 Å². The molecule has 6 heteroatoms. The molecule has 1 N–H and O–H groups in total. The summed E-state index contributed by atoms with van der Waals surface area (Å²) in [5.74, 6) is -0.319. The van der Waals surface area contributed by atoms with Crippen molar-refractivity contribution in [1.29, 1.82) is 0 Å². The van der Waals surface area contributed by atoms with Gasteiger partial charge in [0.2, 0.25) is 0 Å². The third-order valence-electron chi connectivity index (χ3n) is 6.16. The zero-order valence-electron chi connectivity index (χ0n) is 18.9. The summed E-state index contributed by atoms with van der Waals surface area (Å²) >= 11 is 0. The molecule has 2 aromatic carbocycles. The number of hydrogen-bond acceptors (Lipinski definition) is 5. The highest BCUT2D eigenvalue weighted by Crippen LogP contribution is 2.40. The summed E-state index contributed by atoms with van der Waals surface area (Å²) in [5, 5.41) is 11.2. The number of amides is 1. The first kappa shape index (κ1) is 22.1. The molecule has 1 amide bonds. The molecule has 2 heterocycles. The van der Waals surface area contributed by atoms with E-state index >= 15 is 0 Å². The molecule has 0 saturated carbocycles. The highest BCUT2D eigenvalue weighted by molar-refractivity contribution is 6.46. The number of carbonyl (C=O) groups is 2. The van der Waals surface area contributed by atoms with Crippen molar-refractivity contribution in [2.45, 2.75) is 45.3 Å². The molecule has 4 rings (SSSR count). The van der Waals surface area contributed by atoms with Gasteiger partial charge in [0.25, 0.3) is 11.7 Å². The molecular formula is C26H29NO5. The Morgan fingerprint density at radius 3 is 2.56 bits per heavy atom. The minimum Gasteiger partial charge on any atom is -0.507 e. The number of hydrogen-bond donors (Lipinski definition) is 1. The van der Waals surface area contributed by atoms with Crippen LogP contribution in [0.1, 0.15) is 55.0 Å². The SMILES string of the molecule is COCCN1C(=O)C(=O)C(=C(O)c2ccc3c(c2)CC(C)O3)C1c1ccc(C(C)C)cc1. The summed E-state index contributed by atoms with van der Waals surface area (Å²) < 4.78 is 10.9. The zero-order valence-corrected chi connectivity index (χ0v) is 18.9. The molecule has 1 fully saturated rings. The van der Waals surface area contributed by atoms with E-state index in [1.54, 1.807) is 19.2 Å². The molecule has 2 aliphatic rings. The van der Waals surface area contributed by atoms with E-state index in [0.717, 1.165) is 28.9 Å². The van der Waals surface area contributed by atoms with Crippen molar-refractivity contribution in [2.24, 2.45) is 0 Å². The van der Waals surface area contributed by atoms with Crippen LogP contribution in [0.4, 0.5) is 0 Å². The van der Waals surface area contributed by atoms with Crippen LogP contribution in [0.5, 0.6) is 5.75 Å². The Bertz CT molecular complexity index is 1070. The molecule has 1 saturated heterocycles. The lowest BCUT2D eigenvalue weighted by Crippen LogP contribution is -2.32. The second-order valence-corrected chi connectivity index (χ2v) is 8.76. The molecule has 0 bridgehead atoms. The molecule has 6 nitrogen and oxygen atoms in total. The minimum absolute atomic E-state index is 0.0708. The van der Waals surface area contributed by atoms with Crippen molar-refractivity contribution in [3.63, 3.8) is 0 Å². The smallest absolute Gasteiger partial charge is 0.295 e. The second-order valence-electron chi connectivity index (χ2n) is 8.76. The number of aliphatic hydroxyl groups is 1. The average Bonchev–Trinajstić information content (AvgIpc) is 3.27. The van der Waals surface area contributed by atoms with Gasteiger partial charge >= 0.3 is 0 Å². The van der Waals surface area contributed by atoms with Crippen LogP contribution in [0.3, 0.4) is 0 Å². The van der Waals surface area contributed by atoms with E-state index in [1.165, 1.54) is 4.90 Å². The largest absolute Gasteiger partial charge is 0.507 e. The molecule has 2 aliphatic heterocycles. The number of methoxy groups -OCH3 is 1. The number of likely N-dealkylation sites (tertiary alicyclic amines) is 1. The van der Waals surface area contributed by atoms with Crippen LogP contribution in [0, 0.1) is 0 Å². The van der Waals surface area contributed by atoms with Crippen molar-refractivity contribution >= 4 is 17.4 Å². The summed E-state index contributed by atoms with van der Waals surface area (Å²) in [5.41, 5.74) is 3.54. The second kappa shape index (κ2) is 8.79. The molecule has 0 spiro atoms. The van der Waals surface area contributed by atoms with Crippen molar-refractivity contribution in [3.8, 4) is 5.75 Å². The molecule has 0 radical (unpaired) electrons. The number of ether oxygens (including phenoxy) is 2. The van der Waals surface area contributed by atoms with Crippen LogP contribution < -0.4 is 4.74 Å². The van der Waals surface area contributed by atoms with E-state index in [2.05, 4.69) is 13.8 Å². The Kier molecular flexibility index (Phi) is 6.07. The average molecular weight is 436 g/mol. The number of ketones is 1. The highest BCUT2D eigenvalue weighted by atomic mass is 16.5. The first-order chi connectivity index (χ1) is 15.3. The third-order valence-corrected chi connectivity index (χ3v) is 6.16. The molecule has 32 heavy (non-hydrogen) atoms. The van der Waals surface area contributed by atoms with Gasteiger partial charge in [0.1, 0.15) is 17.6 Å². The Labute approximate surface area is 188 Å². The van der Waals surface area contributed by atoms with Gasteiger partial charge in [-0.2, -0.15) is 0 Å². The standard InChI is InChI=1S/C26H29NO5/c1-15(2)17-5-7-18(8-6-17)23-22(25(29)26(30)27(23)11-12-31-4)24(28)19-9-10-21-20(14-19)13-16(3)32-21/h5-10,14-16,23,28H,11-13H2,1-4H3. The first-order valence-electron chi connectivity index (χ1n) is 11.0. The van der Waals surface area contributed by atoms with Crippen molar-refractivity contribution in [1.82, 2.24) is 4.90 Å². The predicted octanol–water partition coefficient (Wildman–Crippen LogP) is 4.20. The molecule has 168 valence electrons. The van der Waals surface area contributed by atoms with Gasteiger partial charge in [0, 0.05) is 25.6 Å². The minimum atomic E-state index is -0.679. The van der Waals surface area contributed by atoms with E-state index < -0.39 is 17.7 Å². The molecular weight excluding hydrogens is 406 g/mol. The maximum atomic E-state index is 13.1. The molecule has 2 unspecified atom stereocenters. The van der Waals surface area contributed by atoms with Gasteiger partial charge in [-0.25, -0.2) is 0 Å². The van der Waals surface area contributed by atoms with E-state index in [0.29, 0.717) is 18.1 Å². The molecule has 2 atom stereocenters. The van der Waals surface area contributed by atoms with Crippen LogP contribution in [0.25, 0.3) is 5.76 Å². The number of Topliss-reactive ketones (excluding diaryl/α,β-unsaturated/α-hetero) is 1. The number of fused-ring (bicyclic) bond motifs is 1. The van der Waals surface area contributed by atoms with Crippen molar-refractivity contribution < 1.29 is 24.2 Å². The Morgan fingerprint density at radius 1 is 1.19 bits per heavy atom. The number of carbonyl (C=O) groups excluding carboxylic acids is 2. The van der Waals surface area contributed by atoms with Gasteiger partial charge in [-0.05, 0) is 47.7 Å². The van der Waals surface area contributed by atoms with Gasteiger partial charge < -0.3 is 19.5 Å². The number of benzene rings is 2. The van der Waals surface area contributed by atoms with Crippen LogP contribution in [-0.4, -0.2) is 48.1 Å². The quantitative estimate of drug-likeness (QED) is 0.418. The fourth-order valence-corrected chi connectivity index (χ4v) is 4.43. The number of aliphatic hydroxyl groups excluding tert-OH is 1. The van der Waals surface area contributed by atoms with Crippen LogP contribution in [0.2, 0.25) is 0 Å². The number of rotatable bonds is 6.